The Balaban J connectivity index is 0.000000403. The van der Waals surface area contributed by atoms with Crippen LogP contribution in [0, 0.1) is 18.7 Å². The van der Waals surface area contributed by atoms with Crippen molar-refractivity contribution in [2.75, 3.05) is 13.8 Å². The highest BCUT2D eigenvalue weighted by Gasteiger charge is 2.27. The van der Waals surface area contributed by atoms with E-state index in [0.717, 1.165) is 62.0 Å². The molecule has 0 radical (unpaired) electrons. The van der Waals surface area contributed by atoms with Gasteiger partial charge in [0.25, 0.3) is 0 Å². The summed E-state index contributed by atoms with van der Waals surface area (Å²) in [5, 5.41) is 0. The minimum Gasteiger partial charge on any atom is -0.498 e. The normalized spacial score (nSPS) is 16.1. The fraction of sp³-hybridized carbons (Fsp3) is 0.433. The lowest BCUT2D eigenvalue weighted by atomic mass is 9.78. The second-order valence-corrected chi connectivity index (χ2v) is 8.06. The number of rotatable bonds is 5. The van der Waals surface area contributed by atoms with Crippen LogP contribution in [-0.4, -0.2) is 19.6 Å². The summed E-state index contributed by atoms with van der Waals surface area (Å²) in [7, 11) is 0.500. The second-order valence-electron chi connectivity index (χ2n) is 8.06. The first kappa shape index (κ1) is 29.3. The van der Waals surface area contributed by atoms with E-state index in [4.69, 9.17) is 4.74 Å². The van der Waals surface area contributed by atoms with Gasteiger partial charge in [-0.25, -0.2) is 4.39 Å². The highest BCUT2D eigenvalue weighted by Crippen LogP contribution is 2.32. The summed E-state index contributed by atoms with van der Waals surface area (Å²) in [6.07, 6.45) is 10.2. The zero-order valence-corrected chi connectivity index (χ0v) is 21.4. The predicted octanol–water partition coefficient (Wildman–Crippen LogP) is 8.60. The van der Waals surface area contributed by atoms with E-state index in [2.05, 4.69) is 25.1 Å². The lowest BCUT2D eigenvalue weighted by Crippen LogP contribution is -2.23. The third-order valence-electron chi connectivity index (χ3n) is 5.62. The van der Waals surface area contributed by atoms with Gasteiger partial charge in [0.05, 0.1) is 19.5 Å². The molecule has 2 aromatic rings. The standard InChI is InChI=1S/C20H24O2.C7H7F.C2H6.CH3F/c1-2-13-22-18-11-7-15(8-12-18)14-17-10-9-16-5-3-4-6-19(16)20(17)21;1-6-2-4-7(8)5-3-6;2*1-2/h3-7,11,17H,2,8-10,12-14H2,1H3;2-5H,1H3;1-2H3;1H3. The first-order chi connectivity index (χ1) is 16.6. The highest BCUT2D eigenvalue weighted by atomic mass is 19.1. The van der Waals surface area contributed by atoms with Crippen molar-refractivity contribution in [3.8, 4) is 0 Å². The molecule has 4 rings (SSSR count). The van der Waals surface area contributed by atoms with Gasteiger partial charge in [0.15, 0.2) is 5.78 Å². The van der Waals surface area contributed by atoms with Gasteiger partial charge in [-0.15, -0.1) is 0 Å². The number of carbonyl (C=O) groups is 1. The van der Waals surface area contributed by atoms with Gasteiger partial charge in [-0.2, -0.15) is 0 Å². The van der Waals surface area contributed by atoms with Crippen LogP contribution in [0.15, 0.2) is 72.0 Å². The van der Waals surface area contributed by atoms with E-state index in [1.807, 2.05) is 39.0 Å². The van der Waals surface area contributed by atoms with Crippen molar-refractivity contribution >= 4 is 5.78 Å². The van der Waals surface area contributed by atoms with Crippen molar-refractivity contribution in [1.29, 1.82) is 0 Å². The Morgan fingerprint density at radius 3 is 2.21 bits per heavy atom. The maximum absolute atomic E-state index is 12.6. The molecule has 0 aliphatic heterocycles. The molecule has 0 fully saturated rings. The number of alkyl halides is 1. The maximum atomic E-state index is 12.6. The smallest absolute Gasteiger partial charge is 0.166 e. The van der Waals surface area contributed by atoms with Crippen molar-refractivity contribution in [3.05, 3.63) is 94.5 Å². The van der Waals surface area contributed by atoms with Gasteiger partial charge in [0, 0.05) is 17.9 Å². The molecule has 2 aromatic carbocycles. The quantitative estimate of drug-likeness (QED) is 0.437. The van der Waals surface area contributed by atoms with Crippen molar-refractivity contribution < 1.29 is 18.3 Å². The van der Waals surface area contributed by atoms with Gasteiger partial charge in [0.2, 0.25) is 0 Å². The summed E-state index contributed by atoms with van der Waals surface area (Å²) in [5.74, 6) is 1.41. The lowest BCUT2D eigenvalue weighted by molar-refractivity contribution is 0.0900. The number of carbonyl (C=O) groups excluding carboxylic acids is 1. The largest absolute Gasteiger partial charge is 0.498 e. The molecule has 0 bridgehead atoms. The molecule has 186 valence electrons. The van der Waals surface area contributed by atoms with Crippen LogP contribution in [-0.2, 0) is 11.2 Å². The number of ether oxygens (including phenoxy) is 1. The van der Waals surface area contributed by atoms with Crippen LogP contribution in [0.4, 0.5) is 8.78 Å². The zero-order valence-electron chi connectivity index (χ0n) is 21.4. The van der Waals surface area contributed by atoms with E-state index in [0.29, 0.717) is 13.0 Å². The number of ketones is 1. The molecule has 0 heterocycles. The summed E-state index contributed by atoms with van der Waals surface area (Å²) in [6.45, 7) is 8.85. The molecule has 0 N–H and O–H groups in total. The Bertz CT molecular complexity index is 893. The molecular weight excluding hydrogens is 430 g/mol. The Kier molecular flexibility index (Phi) is 14.5. The zero-order chi connectivity index (χ0) is 25.3. The summed E-state index contributed by atoms with van der Waals surface area (Å²) in [5.41, 5.74) is 4.64. The van der Waals surface area contributed by atoms with Crippen molar-refractivity contribution in [2.24, 2.45) is 5.92 Å². The fourth-order valence-electron chi connectivity index (χ4n) is 3.89. The average Bonchev–Trinajstić information content (AvgIpc) is 2.90. The van der Waals surface area contributed by atoms with Crippen molar-refractivity contribution in [3.63, 3.8) is 0 Å². The number of fused-ring (bicyclic) bond motifs is 1. The Morgan fingerprint density at radius 2 is 1.62 bits per heavy atom. The molecule has 0 spiro atoms. The molecule has 0 aromatic heterocycles. The van der Waals surface area contributed by atoms with Gasteiger partial charge in [-0.3, -0.25) is 9.18 Å². The Hall–Kier alpha value is -2.75. The first-order valence-electron chi connectivity index (χ1n) is 12.3. The number of benzene rings is 2. The molecule has 34 heavy (non-hydrogen) atoms. The number of halogens is 2. The van der Waals surface area contributed by atoms with Crippen LogP contribution in [0.5, 0.6) is 0 Å². The molecule has 2 nitrogen and oxygen atoms in total. The summed E-state index contributed by atoms with van der Waals surface area (Å²) in [4.78, 5) is 12.6. The van der Waals surface area contributed by atoms with Gasteiger partial charge in [0.1, 0.15) is 5.82 Å². The van der Waals surface area contributed by atoms with Crippen LogP contribution in [0.25, 0.3) is 0 Å². The molecule has 2 aliphatic carbocycles. The molecular formula is C30H40F2O2. The number of Topliss-reactive ketones (excluding diaryl/α,β-unsaturated/α-hetero) is 1. The maximum Gasteiger partial charge on any atom is 0.166 e. The minimum absolute atomic E-state index is 0.160. The first-order valence-corrected chi connectivity index (χ1v) is 12.3. The van der Waals surface area contributed by atoms with Crippen LogP contribution in [0.3, 0.4) is 0 Å². The molecule has 0 saturated carbocycles. The van der Waals surface area contributed by atoms with Gasteiger partial charge in [-0.05, 0) is 62.8 Å². The molecule has 0 saturated heterocycles. The van der Waals surface area contributed by atoms with Gasteiger partial charge < -0.3 is 4.74 Å². The predicted molar refractivity (Wildman–Crippen MR) is 138 cm³/mol. The topological polar surface area (TPSA) is 26.3 Å². The van der Waals surface area contributed by atoms with E-state index in [9.17, 15) is 13.6 Å². The number of allylic oxidation sites excluding steroid dienone is 4. The van der Waals surface area contributed by atoms with Gasteiger partial charge in [-0.1, -0.05) is 74.4 Å². The SMILES string of the molecule is CC.CCCOC1=CC=C(CC2CCc3ccccc3C2=O)CC1.CF.Cc1ccc(F)cc1. The molecule has 4 heteroatoms. The number of aryl methyl sites for hydroxylation is 2. The third-order valence-corrected chi connectivity index (χ3v) is 5.62. The summed E-state index contributed by atoms with van der Waals surface area (Å²) in [6, 6.07) is 14.5. The summed E-state index contributed by atoms with van der Waals surface area (Å²) < 4.78 is 27.3. The van der Waals surface area contributed by atoms with Crippen LogP contribution >= 0.6 is 0 Å². The fourth-order valence-corrected chi connectivity index (χ4v) is 3.89. The molecule has 2 aliphatic rings. The lowest BCUT2D eigenvalue weighted by Gasteiger charge is -2.25. The summed E-state index contributed by atoms with van der Waals surface area (Å²) >= 11 is 0. The van der Waals surface area contributed by atoms with E-state index >= 15 is 0 Å². The molecule has 1 unspecified atom stereocenters. The highest BCUT2D eigenvalue weighted by molar-refractivity contribution is 6.00. The monoisotopic (exact) mass is 470 g/mol. The molecule has 1 atom stereocenters. The van der Waals surface area contributed by atoms with Crippen LogP contribution in [0.2, 0.25) is 0 Å². The molecule has 0 amide bonds. The third kappa shape index (κ3) is 9.62. The second kappa shape index (κ2) is 16.8. The number of hydrogen-bond donors (Lipinski definition) is 0. The van der Waals surface area contributed by atoms with E-state index in [-0.39, 0.29) is 11.7 Å². The van der Waals surface area contributed by atoms with E-state index < -0.39 is 0 Å². The Labute approximate surface area is 204 Å². The minimum atomic E-state index is -0.171. The van der Waals surface area contributed by atoms with Gasteiger partial charge >= 0.3 is 0 Å². The van der Waals surface area contributed by atoms with E-state index in [1.165, 1.54) is 23.3 Å². The van der Waals surface area contributed by atoms with Crippen LogP contribution < -0.4 is 0 Å². The van der Waals surface area contributed by atoms with Crippen LogP contribution in [0.1, 0.15) is 74.4 Å². The Morgan fingerprint density at radius 1 is 0.941 bits per heavy atom. The average molecular weight is 471 g/mol. The van der Waals surface area contributed by atoms with Crippen molar-refractivity contribution in [2.45, 2.75) is 66.2 Å². The van der Waals surface area contributed by atoms with E-state index in [1.54, 1.807) is 12.1 Å². The van der Waals surface area contributed by atoms with Crippen molar-refractivity contribution in [1.82, 2.24) is 0 Å². The number of hydrogen-bond acceptors (Lipinski definition) is 2.